The molecule has 136 valence electrons. The van der Waals surface area contributed by atoms with Gasteiger partial charge in [0, 0.05) is 5.69 Å². The summed E-state index contributed by atoms with van der Waals surface area (Å²) in [6.45, 7) is 0. The number of fused-ring (bicyclic) bond motifs is 1. The van der Waals surface area contributed by atoms with Crippen LogP contribution in [0.3, 0.4) is 0 Å². The fraction of sp³-hybridized carbons (Fsp3) is 0.0500. The van der Waals surface area contributed by atoms with E-state index in [2.05, 4.69) is 10.5 Å². The summed E-state index contributed by atoms with van der Waals surface area (Å²) in [5, 5.41) is 5.87. The summed E-state index contributed by atoms with van der Waals surface area (Å²) in [7, 11) is 0. The fourth-order valence-corrected chi connectivity index (χ4v) is 2.86. The Labute approximate surface area is 151 Å². The molecular formula is C20H13F3N2O2. The van der Waals surface area contributed by atoms with E-state index in [1.54, 1.807) is 42.5 Å². The Kier molecular flexibility index (Phi) is 3.99. The van der Waals surface area contributed by atoms with Crippen molar-refractivity contribution in [1.29, 1.82) is 0 Å². The Morgan fingerprint density at radius 1 is 0.852 bits per heavy atom. The largest absolute Gasteiger partial charge is 0.416 e. The van der Waals surface area contributed by atoms with Gasteiger partial charge in [0.05, 0.1) is 11.3 Å². The SMILES string of the molecule is O=c1[nH]oc2cccc(Nc3ccc(-c4ccc(C(F)(F)F)cc4)cc3)c12. The van der Waals surface area contributed by atoms with Crippen LogP contribution in [0.5, 0.6) is 0 Å². The number of hydrogen-bond donors (Lipinski definition) is 2. The molecule has 0 saturated carbocycles. The van der Waals surface area contributed by atoms with E-state index in [-0.39, 0.29) is 5.56 Å². The Balaban J connectivity index is 1.59. The zero-order valence-electron chi connectivity index (χ0n) is 13.8. The van der Waals surface area contributed by atoms with Gasteiger partial charge in [-0.3, -0.25) is 4.79 Å². The van der Waals surface area contributed by atoms with Gasteiger partial charge in [0.25, 0.3) is 5.56 Å². The quantitative estimate of drug-likeness (QED) is 0.497. The summed E-state index contributed by atoms with van der Waals surface area (Å²) in [6, 6.07) is 17.4. The molecule has 7 heteroatoms. The van der Waals surface area contributed by atoms with Gasteiger partial charge in [-0.25, -0.2) is 0 Å². The molecule has 0 unspecified atom stereocenters. The molecule has 0 radical (unpaired) electrons. The van der Waals surface area contributed by atoms with Gasteiger partial charge in [0.15, 0.2) is 5.58 Å². The molecule has 4 aromatic rings. The Morgan fingerprint density at radius 3 is 2.11 bits per heavy atom. The highest BCUT2D eigenvalue weighted by Crippen LogP contribution is 2.31. The van der Waals surface area contributed by atoms with Crippen LogP contribution in [0.15, 0.2) is 76.0 Å². The highest BCUT2D eigenvalue weighted by atomic mass is 19.4. The third-order valence-electron chi connectivity index (χ3n) is 4.22. The molecular weight excluding hydrogens is 357 g/mol. The lowest BCUT2D eigenvalue weighted by atomic mass is 10.0. The highest BCUT2D eigenvalue weighted by Gasteiger charge is 2.29. The zero-order valence-corrected chi connectivity index (χ0v) is 13.8. The topological polar surface area (TPSA) is 58.0 Å². The molecule has 0 bridgehead atoms. The maximum absolute atomic E-state index is 12.7. The third-order valence-corrected chi connectivity index (χ3v) is 4.22. The van der Waals surface area contributed by atoms with Gasteiger partial charge in [0.1, 0.15) is 5.39 Å². The molecule has 3 aromatic carbocycles. The van der Waals surface area contributed by atoms with Crippen LogP contribution >= 0.6 is 0 Å². The molecule has 0 aliphatic rings. The Bertz CT molecular complexity index is 1140. The summed E-state index contributed by atoms with van der Waals surface area (Å²) in [5.74, 6) is 0. The molecule has 1 heterocycles. The first-order valence-corrected chi connectivity index (χ1v) is 8.07. The van der Waals surface area contributed by atoms with Crippen LogP contribution in [-0.2, 0) is 6.18 Å². The predicted molar refractivity (Wildman–Crippen MR) is 97.0 cm³/mol. The third kappa shape index (κ3) is 3.31. The smallest absolute Gasteiger partial charge is 0.378 e. The van der Waals surface area contributed by atoms with Crippen molar-refractivity contribution in [2.24, 2.45) is 0 Å². The number of hydrogen-bond acceptors (Lipinski definition) is 3. The van der Waals surface area contributed by atoms with Gasteiger partial charge >= 0.3 is 6.18 Å². The van der Waals surface area contributed by atoms with Crippen LogP contribution in [0.4, 0.5) is 24.5 Å². The fourth-order valence-electron chi connectivity index (χ4n) is 2.86. The second-order valence-corrected chi connectivity index (χ2v) is 5.99. The summed E-state index contributed by atoms with van der Waals surface area (Å²) in [6.07, 6.45) is -4.35. The summed E-state index contributed by atoms with van der Waals surface area (Å²) >= 11 is 0. The molecule has 0 aliphatic heterocycles. The van der Waals surface area contributed by atoms with E-state index < -0.39 is 11.7 Å². The molecule has 0 atom stereocenters. The maximum Gasteiger partial charge on any atom is 0.416 e. The number of anilines is 2. The Morgan fingerprint density at radius 2 is 1.48 bits per heavy atom. The Hall–Kier alpha value is -3.48. The second kappa shape index (κ2) is 6.35. The lowest BCUT2D eigenvalue weighted by molar-refractivity contribution is -0.137. The van der Waals surface area contributed by atoms with E-state index in [9.17, 15) is 18.0 Å². The van der Waals surface area contributed by atoms with E-state index in [0.29, 0.717) is 22.2 Å². The van der Waals surface area contributed by atoms with Crippen molar-refractivity contribution >= 4 is 22.3 Å². The van der Waals surface area contributed by atoms with Crippen molar-refractivity contribution in [2.45, 2.75) is 6.18 Å². The normalized spacial score (nSPS) is 11.7. The minimum Gasteiger partial charge on any atom is -0.378 e. The van der Waals surface area contributed by atoms with E-state index in [1.807, 2.05) is 0 Å². The first kappa shape index (κ1) is 17.0. The second-order valence-electron chi connectivity index (χ2n) is 5.99. The van der Waals surface area contributed by atoms with Gasteiger partial charge in [-0.2, -0.15) is 18.3 Å². The number of nitrogens with one attached hydrogen (secondary N) is 2. The van der Waals surface area contributed by atoms with E-state index in [4.69, 9.17) is 4.52 Å². The van der Waals surface area contributed by atoms with Crippen LogP contribution in [0.25, 0.3) is 22.1 Å². The number of halogens is 3. The van der Waals surface area contributed by atoms with Crippen LogP contribution in [0, 0.1) is 0 Å². The van der Waals surface area contributed by atoms with Gasteiger partial charge in [-0.1, -0.05) is 30.3 Å². The number of rotatable bonds is 3. The van der Waals surface area contributed by atoms with Crippen molar-refractivity contribution < 1.29 is 17.7 Å². The van der Waals surface area contributed by atoms with Gasteiger partial charge in [0.2, 0.25) is 0 Å². The van der Waals surface area contributed by atoms with Crippen molar-refractivity contribution in [1.82, 2.24) is 5.16 Å². The predicted octanol–water partition coefficient (Wildman–Crippen LogP) is 5.55. The number of aromatic amines is 1. The zero-order chi connectivity index (χ0) is 19.0. The van der Waals surface area contributed by atoms with Gasteiger partial charge < -0.3 is 9.84 Å². The average molecular weight is 370 g/mol. The molecule has 0 amide bonds. The number of aromatic nitrogens is 1. The van der Waals surface area contributed by atoms with E-state index in [1.165, 1.54) is 12.1 Å². The van der Waals surface area contributed by atoms with Crippen LogP contribution < -0.4 is 10.9 Å². The summed E-state index contributed by atoms with van der Waals surface area (Å²) < 4.78 is 43.1. The molecule has 0 spiro atoms. The molecule has 1 aromatic heterocycles. The number of benzene rings is 3. The minimum absolute atomic E-state index is 0.325. The first-order valence-electron chi connectivity index (χ1n) is 8.07. The van der Waals surface area contributed by atoms with Crippen LogP contribution in [-0.4, -0.2) is 5.16 Å². The number of alkyl halides is 3. The molecule has 2 N–H and O–H groups in total. The van der Waals surface area contributed by atoms with Gasteiger partial charge in [-0.15, -0.1) is 0 Å². The van der Waals surface area contributed by atoms with Crippen molar-refractivity contribution in [3.05, 3.63) is 82.6 Å². The summed E-state index contributed by atoms with van der Waals surface area (Å²) in [4.78, 5) is 11.9. The average Bonchev–Trinajstić information content (AvgIpc) is 3.04. The molecule has 0 fully saturated rings. The van der Waals surface area contributed by atoms with Crippen LogP contribution in [0.1, 0.15) is 5.56 Å². The van der Waals surface area contributed by atoms with Gasteiger partial charge in [-0.05, 0) is 47.5 Å². The molecule has 4 nitrogen and oxygen atoms in total. The first-order chi connectivity index (χ1) is 12.9. The molecule has 0 saturated heterocycles. The highest BCUT2D eigenvalue weighted by molar-refractivity contribution is 5.91. The van der Waals surface area contributed by atoms with Crippen molar-refractivity contribution in [3.63, 3.8) is 0 Å². The van der Waals surface area contributed by atoms with Crippen molar-refractivity contribution in [3.8, 4) is 11.1 Å². The standard InChI is InChI=1S/C20H13F3N2O2/c21-20(22,23)14-8-4-12(5-9-14)13-6-10-15(11-7-13)24-16-2-1-3-17-18(16)19(26)25-27-17/h1-11,24H,(H,25,26). The lowest BCUT2D eigenvalue weighted by Gasteiger charge is -2.10. The van der Waals surface area contributed by atoms with Crippen LogP contribution in [0.2, 0.25) is 0 Å². The molecule has 4 rings (SSSR count). The lowest BCUT2D eigenvalue weighted by Crippen LogP contribution is -2.03. The monoisotopic (exact) mass is 370 g/mol. The number of H-pyrrole nitrogens is 1. The molecule has 27 heavy (non-hydrogen) atoms. The maximum atomic E-state index is 12.7. The summed E-state index contributed by atoms with van der Waals surface area (Å²) in [5.41, 5.74) is 2.25. The van der Waals surface area contributed by atoms with E-state index >= 15 is 0 Å². The van der Waals surface area contributed by atoms with Crippen molar-refractivity contribution in [2.75, 3.05) is 5.32 Å². The molecule has 0 aliphatic carbocycles. The van der Waals surface area contributed by atoms with E-state index in [0.717, 1.165) is 23.4 Å². The minimum atomic E-state index is -4.35.